The van der Waals surface area contributed by atoms with Gasteiger partial charge >= 0.3 is 0 Å². The molecule has 2 heteroatoms. The molecule has 0 aromatic heterocycles. The Morgan fingerprint density at radius 2 is 1.20 bits per heavy atom. The van der Waals surface area contributed by atoms with Crippen LogP contribution in [0.4, 0.5) is 0 Å². The Bertz CT molecular complexity index is 1220. The highest BCUT2D eigenvalue weighted by Gasteiger charge is 2.46. The fourth-order valence-corrected chi connectivity index (χ4v) is 5.02. The Hall–Kier alpha value is -3.52. The maximum absolute atomic E-state index is 10.2. The largest absolute Gasteiger partial charge is 0.508 e. The first-order chi connectivity index (χ1) is 14.6. The van der Waals surface area contributed by atoms with Gasteiger partial charge < -0.3 is 9.84 Å². The summed E-state index contributed by atoms with van der Waals surface area (Å²) in [6, 6.07) is 29.8. The number of aromatic hydroxyl groups is 1. The molecule has 0 aliphatic heterocycles. The van der Waals surface area contributed by atoms with Gasteiger partial charge in [0.2, 0.25) is 0 Å². The lowest BCUT2D eigenvalue weighted by molar-refractivity contribution is 0.411. The van der Waals surface area contributed by atoms with Gasteiger partial charge in [0.1, 0.15) is 11.5 Å². The zero-order chi connectivity index (χ0) is 20.9. The quantitative estimate of drug-likeness (QED) is 0.386. The summed E-state index contributed by atoms with van der Waals surface area (Å²) in [5.74, 6) is 1.20. The van der Waals surface area contributed by atoms with Crippen LogP contribution < -0.4 is 4.74 Å². The Morgan fingerprint density at radius 3 is 1.73 bits per heavy atom. The smallest absolute Gasteiger partial charge is 0.121 e. The van der Waals surface area contributed by atoms with E-state index < -0.39 is 5.41 Å². The molecule has 0 saturated carbocycles. The van der Waals surface area contributed by atoms with Crippen LogP contribution in [0, 0.1) is 13.8 Å². The van der Waals surface area contributed by atoms with Crippen molar-refractivity contribution in [2.75, 3.05) is 7.11 Å². The third-order valence-corrected chi connectivity index (χ3v) is 6.41. The second-order valence-electron chi connectivity index (χ2n) is 8.03. The molecule has 30 heavy (non-hydrogen) atoms. The van der Waals surface area contributed by atoms with Crippen molar-refractivity contribution in [3.8, 4) is 22.6 Å². The molecule has 1 aliphatic rings. The van der Waals surface area contributed by atoms with Gasteiger partial charge in [0.15, 0.2) is 0 Å². The Morgan fingerprint density at radius 1 is 0.667 bits per heavy atom. The zero-order valence-electron chi connectivity index (χ0n) is 17.4. The van der Waals surface area contributed by atoms with Crippen LogP contribution in [-0.2, 0) is 5.41 Å². The third kappa shape index (κ3) is 2.43. The Labute approximate surface area is 177 Å². The number of aryl methyl sites for hydroxylation is 2. The molecule has 0 fully saturated rings. The van der Waals surface area contributed by atoms with Crippen molar-refractivity contribution >= 4 is 0 Å². The first kappa shape index (κ1) is 18.5. The first-order valence-corrected chi connectivity index (χ1v) is 10.2. The summed E-state index contributed by atoms with van der Waals surface area (Å²) in [5.41, 5.74) is 8.91. The van der Waals surface area contributed by atoms with Gasteiger partial charge in [0.25, 0.3) is 0 Å². The number of ether oxygens (including phenoxy) is 1. The summed E-state index contributed by atoms with van der Waals surface area (Å²) in [5, 5.41) is 10.2. The van der Waals surface area contributed by atoms with E-state index in [0.717, 1.165) is 22.4 Å². The van der Waals surface area contributed by atoms with Crippen molar-refractivity contribution in [2.24, 2.45) is 0 Å². The molecule has 1 N–H and O–H groups in total. The maximum atomic E-state index is 10.2. The van der Waals surface area contributed by atoms with Crippen molar-refractivity contribution in [1.82, 2.24) is 0 Å². The van der Waals surface area contributed by atoms with E-state index in [1.165, 1.54) is 27.8 Å². The van der Waals surface area contributed by atoms with Gasteiger partial charge in [-0.3, -0.25) is 0 Å². The number of hydrogen-bond donors (Lipinski definition) is 1. The molecule has 0 saturated heterocycles. The molecule has 2 nitrogen and oxygen atoms in total. The van der Waals surface area contributed by atoms with Crippen molar-refractivity contribution < 1.29 is 9.84 Å². The van der Waals surface area contributed by atoms with Gasteiger partial charge in [-0.15, -0.1) is 0 Å². The highest BCUT2D eigenvalue weighted by molar-refractivity contribution is 5.86. The van der Waals surface area contributed by atoms with E-state index in [2.05, 4.69) is 85.8 Å². The lowest BCUT2D eigenvalue weighted by Gasteiger charge is -2.34. The van der Waals surface area contributed by atoms with E-state index >= 15 is 0 Å². The number of phenols is 1. The monoisotopic (exact) mass is 392 g/mol. The predicted molar refractivity (Wildman–Crippen MR) is 121 cm³/mol. The fourth-order valence-electron chi connectivity index (χ4n) is 5.02. The van der Waals surface area contributed by atoms with Crippen LogP contribution in [-0.4, -0.2) is 12.2 Å². The van der Waals surface area contributed by atoms with Crippen LogP contribution in [0.15, 0.2) is 84.9 Å². The van der Waals surface area contributed by atoms with E-state index in [1.54, 1.807) is 7.11 Å². The molecule has 148 valence electrons. The summed E-state index contributed by atoms with van der Waals surface area (Å²) >= 11 is 0. The number of hydrogen-bond acceptors (Lipinski definition) is 2. The molecule has 4 aromatic rings. The normalized spacial score (nSPS) is 13.6. The summed E-state index contributed by atoms with van der Waals surface area (Å²) in [7, 11) is 1.71. The molecule has 0 heterocycles. The summed E-state index contributed by atoms with van der Waals surface area (Å²) < 4.78 is 5.54. The van der Waals surface area contributed by atoms with Crippen molar-refractivity contribution in [2.45, 2.75) is 19.3 Å². The van der Waals surface area contributed by atoms with Gasteiger partial charge in [-0.05, 0) is 70.5 Å². The van der Waals surface area contributed by atoms with Crippen LogP contribution in [0.2, 0.25) is 0 Å². The molecule has 0 spiro atoms. The van der Waals surface area contributed by atoms with Crippen LogP contribution >= 0.6 is 0 Å². The average Bonchev–Trinajstić information content (AvgIpc) is 3.07. The van der Waals surface area contributed by atoms with Gasteiger partial charge in [-0.2, -0.15) is 0 Å². The Kier molecular flexibility index (Phi) is 4.18. The minimum atomic E-state index is -0.456. The van der Waals surface area contributed by atoms with Crippen molar-refractivity contribution in [3.63, 3.8) is 0 Å². The van der Waals surface area contributed by atoms with Crippen LogP contribution in [0.5, 0.6) is 11.5 Å². The molecule has 1 aliphatic carbocycles. The molecule has 0 amide bonds. The molecule has 5 rings (SSSR count). The average molecular weight is 392 g/mol. The van der Waals surface area contributed by atoms with Crippen LogP contribution in [0.1, 0.15) is 33.4 Å². The summed E-state index contributed by atoms with van der Waals surface area (Å²) in [4.78, 5) is 0. The lowest BCUT2D eigenvalue weighted by atomic mass is 9.67. The van der Waals surface area contributed by atoms with Crippen molar-refractivity contribution in [3.05, 3.63) is 118 Å². The lowest BCUT2D eigenvalue weighted by Crippen LogP contribution is -2.28. The predicted octanol–water partition coefficient (Wildman–Crippen LogP) is 6.38. The molecular formula is C28H24O2. The van der Waals surface area contributed by atoms with Crippen molar-refractivity contribution in [1.29, 1.82) is 0 Å². The maximum Gasteiger partial charge on any atom is 0.121 e. The first-order valence-electron chi connectivity index (χ1n) is 10.2. The van der Waals surface area contributed by atoms with Gasteiger partial charge in [-0.1, -0.05) is 72.8 Å². The zero-order valence-corrected chi connectivity index (χ0v) is 17.4. The van der Waals surface area contributed by atoms with Gasteiger partial charge in [0, 0.05) is 0 Å². The highest BCUT2D eigenvalue weighted by atomic mass is 16.5. The van der Waals surface area contributed by atoms with E-state index in [0.29, 0.717) is 5.75 Å². The van der Waals surface area contributed by atoms with E-state index in [9.17, 15) is 5.11 Å². The molecule has 0 radical (unpaired) electrons. The third-order valence-electron chi connectivity index (χ3n) is 6.41. The van der Waals surface area contributed by atoms with E-state index in [-0.39, 0.29) is 0 Å². The Balaban J connectivity index is 1.94. The van der Waals surface area contributed by atoms with E-state index in [4.69, 9.17) is 4.74 Å². The molecule has 0 bridgehead atoms. The standard InChI is InChI=1S/C28H24O2/c1-18-16-20(12-14-26(18)29)28(21-13-15-27(30-3)19(2)17-21)24-10-6-4-8-22(24)23-9-5-7-11-25(23)28/h4-17,29H,1-3H3. The number of methoxy groups -OCH3 is 1. The highest BCUT2D eigenvalue weighted by Crippen LogP contribution is 2.56. The van der Waals surface area contributed by atoms with Crippen LogP contribution in [0.25, 0.3) is 11.1 Å². The summed E-state index contributed by atoms with van der Waals surface area (Å²) in [6.45, 7) is 4.05. The molecule has 4 aromatic carbocycles. The minimum absolute atomic E-state index is 0.319. The molecule has 0 atom stereocenters. The molecular weight excluding hydrogens is 368 g/mol. The fraction of sp³-hybridized carbons (Fsp3) is 0.143. The van der Waals surface area contributed by atoms with Gasteiger partial charge in [0.05, 0.1) is 12.5 Å². The second kappa shape index (κ2) is 6.77. The van der Waals surface area contributed by atoms with E-state index in [1.807, 2.05) is 13.0 Å². The topological polar surface area (TPSA) is 29.5 Å². The van der Waals surface area contributed by atoms with Crippen LogP contribution in [0.3, 0.4) is 0 Å². The number of fused-ring (bicyclic) bond motifs is 3. The van der Waals surface area contributed by atoms with Gasteiger partial charge in [-0.25, -0.2) is 0 Å². The number of benzene rings is 4. The SMILES string of the molecule is COc1ccc(C2(c3ccc(O)c(C)c3)c3ccccc3-c3ccccc32)cc1C. The minimum Gasteiger partial charge on any atom is -0.508 e. The number of rotatable bonds is 3. The summed E-state index contributed by atoms with van der Waals surface area (Å²) in [6.07, 6.45) is 0. The second-order valence-corrected chi connectivity index (χ2v) is 8.03. The molecule has 0 unspecified atom stereocenters. The number of phenolic OH excluding ortho intramolecular Hbond substituents is 1.